The number of alkyl halides is 4. The van der Waals surface area contributed by atoms with Gasteiger partial charge in [-0.15, -0.1) is 0 Å². The van der Waals surface area contributed by atoms with E-state index >= 15 is 0 Å². The minimum atomic E-state index is -4.19. The van der Waals surface area contributed by atoms with Crippen molar-refractivity contribution in [2.24, 2.45) is 5.73 Å². The molecule has 20 heavy (non-hydrogen) atoms. The Labute approximate surface area is 113 Å². The molecule has 0 radical (unpaired) electrons. The highest BCUT2D eigenvalue weighted by Gasteiger charge is 2.41. The summed E-state index contributed by atoms with van der Waals surface area (Å²) < 4.78 is 58.4. The first-order valence-corrected chi connectivity index (χ1v) is 6.17. The van der Waals surface area contributed by atoms with E-state index in [4.69, 9.17) is 10.3 Å². The Morgan fingerprint density at radius 3 is 2.65 bits per heavy atom. The fraction of sp³-hybridized carbons (Fsp3) is 0.818. The van der Waals surface area contributed by atoms with E-state index in [1.165, 1.54) is 0 Å². The Balaban J connectivity index is 2.48. The SMILES string of the molecule is CCCC(CN)c1nc(COCC(F)(F)C(F)F)no1. The van der Waals surface area contributed by atoms with Crippen LogP contribution in [0.3, 0.4) is 0 Å². The third-order valence-corrected chi connectivity index (χ3v) is 2.60. The molecule has 0 amide bonds. The molecule has 1 heterocycles. The van der Waals surface area contributed by atoms with Crippen LogP contribution in [0.25, 0.3) is 0 Å². The van der Waals surface area contributed by atoms with Gasteiger partial charge in [-0.05, 0) is 6.42 Å². The predicted molar refractivity (Wildman–Crippen MR) is 61.6 cm³/mol. The summed E-state index contributed by atoms with van der Waals surface area (Å²) in [7, 11) is 0. The van der Waals surface area contributed by atoms with Crippen molar-refractivity contribution >= 4 is 0 Å². The second-order valence-corrected chi connectivity index (χ2v) is 4.32. The third kappa shape index (κ3) is 4.71. The van der Waals surface area contributed by atoms with Crippen molar-refractivity contribution in [3.8, 4) is 0 Å². The van der Waals surface area contributed by atoms with Crippen molar-refractivity contribution in [3.05, 3.63) is 11.7 Å². The molecule has 0 bridgehead atoms. The van der Waals surface area contributed by atoms with Crippen molar-refractivity contribution in [2.45, 2.75) is 44.6 Å². The Hall–Kier alpha value is -1.22. The van der Waals surface area contributed by atoms with Crippen LogP contribution in [0, 0.1) is 0 Å². The van der Waals surface area contributed by atoms with Gasteiger partial charge in [0.15, 0.2) is 5.82 Å². The first-order valence-electron chi connectivity index (χ1n) is 6.17. The number of halogens is 4. The van der Waals surface area contributed by atoms with E-state index < -0.39 is 25.6 Å². The average molecular weight is 299 g/mol. The topological polar surface area (TPSA) is 74.2 Å². The van der Waals surface area contributed by atoms with Crippen molar-refractivity contribution in [1.29, 1.82) is 0 Å². The molecule has 0 spiro atoms. The number of nitrogens with two attached hydrogens (primary N) is 1. The van der Waals surface area contributed by atoms with Crippen LogP contribution < -0.4 is 5.73 Å². The zero-order valence-electron chi connectivity index (χ0n) is 11.0. The van der Waals surface area contributed by atoms with E-state index in [1.807, 2.05) is 6.92 Å². The van der Waals surface area contributed by atoms with Crippen molar-refractivity contribution < 1.29 is 26.8 Å². The molecule has 0 saturated carbocycles. The van der Waals surface area contributed by atoms with Crippen LogP contribution in [0.15, 0.2) is 4.52 Å². The molecular weight excluding hydrogens is 282 g/mol. The summed E-state index contributed by atoms with van der Waals surface area (Å²) in [6, 6.07) is 0. The first kappa shape index (κ1) is 16.8. The second kappa shape index (κ2) is 7.53. The molecule has 0 aliphatic heterocycles. The number of hydrogen-bond donors (Lipinski definition) is 1. The summed E-state index contributed by atoms with van der Waals surface area (Å²) >= 11 is 0. The van der Waals surface area contributed by atoms with E-state index in [1.54, 1.807) is 0 Å². The highest BCUT2D eigenvalue weighted by atomic mass is 19.3. The van der Waals surface area contributed by atoms with Gasteiger partial charge in [0.05, 0.1) is 5.92 Å². The molecule has 1 atom stereocenters. The number of rotatable bonds is 9. The van der Waals surface area contributed by atoms with E-state index in [9.17, 15) is 17.6 Å². The second-order valence-electron chi connectivity index (χ2n) is 4.32. The zero-order valence-corrected chi connectivity index (χ0v) is 11.0. The van der Waals surface area contributed by atoms with Gasteiger partial charge in [0, 0.05) is 6.54 Å². The van der Waals surface area contributed by atoms with Crippen LogP contribution in [0.4, 0.5) is 17.6 Å². The van der Waals surface area contributed by atoms with Crippen LogP contribution in [-0.4, -0.2) is 35.6 Å². The normalized spacial score (nSPS) is 13.9. The summed E-state index contributed by atoms with van der Waals surface area (Å²) in [5, 5.41) is 3.53. The van der Waals surface area contributed by atoms with Crippen LogP contribution in [0.5, 0.6) is 0 Å². The van der Waals surface area contributed by atoms with Gasteiger partial charge < -0.3 is 15.0 Å². The summed E-state index contributed by atoms with van der Waals surface area (Å²) in [5.74, 6) is -3.97. The van der Waals surface area contributed by atoms with Gasteiger partial charge in [0.1, 0.15) is 13.2 Å². The molecule has 2 N–H and O–H groups in total. The standard InChI is InChI=1S/C11H17F4N3O2/c1-2-3-7(4-16)9-17-8(18-20-9)5-19-6-11(14,15)10(12)13/h7,10H,2-6,16H2,1H3. The van der Waals surface area contributed by atoms with Crippen LogP contribution in [0.2, 0.25) is 0 Å². The van der Waals surface area contributed by atoms with Crippen molar-refractivity contribution in [3.63, 3.8) is 0 Å². The molecule has 0 saturated heterocycles. The Kier molecular flexibility index (Phi) is 6.34. The fourth-order valence-electron chi connectivity index (χ4n) is 1.52. The summed E-state index contributed by atoms with van der Waals surface area (Å²) in [4.78, 5) is 3.95. The molecule has 1 rings (SSSR count). The molecule has 1 aromatic heterocycles. The molecule has 0 aliphatic rings. The third-order valence-electron chi connectivity index (χ3n) is 2.60. The van der Waals surface area contributed by atoms with Crippen LogP contribution in [0.1, 0.15) is 37.4 Å². The van der Waals surface area contributed by atoms with Crippen LogP contribution >= 0.6 is 0 Å². The first-order chi connectivity index (χ1) is 9.40. The van der Waals surface area contributed by atoms with E-state index in [0.29, 0.717) is 12.4 Å². The van der Waals surface area contributed by atoms with Gasteiger partial charge in [-0.3, -0.25) is 0 Å². The fourth-order valence-corrected chi connectivity index (χ4v) is 1.52. The molecule has 1 unspecified atom stereocenters. The quantitative estimate of drug-likeness (QED) is 0.708. The highest BCUT2D eigenvalue weighted by Crippen LogP contribution is 2.23. The largest absolute Gasteiger partial charge is 0.367 e. The van der Waals surface area contributed by atoms with Crippen molar-refractivity contribution in [2.75, 3.05) is 13.2 Å². The molecule has 116 valence electrons. The number of nitrogens with zero attached hydrogens (tertiary/aromatic N) is 2. The lowest BCUT2D eigenvalue weighted by Crippen LogP contribution is -2.32. The molecule has 0 aromatic carbocycles. The van der Waals surface area contributed by atoms with E-state index in [2.05, 4.69) is 14.9 Å². The zero-order chi connectivity index (χ0) is 15.2. The minimum Gasteiger partial charge on any atom is -0.367 e. The summed E-state index contributed by atoms with van der Waals surface area (Å²) in [6.45, 7) is 0.467. The summed E-state index contributed by atoms with van der Waals surface area (Å²) in [5.41, 5.74) is 5.55. The summed E-state index contributed by atoms with van der Waals surface area (Å²) in [6.07, 6.45) is -2.14. The lowest BCUT2D eigenvalue weighted by Gasteiger charge is -2.14. The number of hydrogen-bond acceptors (Lipinski definition) is 5. The predicted octanol–water partition coefficient (Wildman–Crippen LogP) is 2.33. The van der Waals surface area contributed by atoms with E-state index in [0.717, 1.165) is 12.8 Å². The van der Waals surface area contributed by atoms with Gasteiger partial charge in [-0.1, -0.05) is 18.5 Å². The van der Waals surface area contributed by atoms with E-state index in [-0.39, 0.29) is 11.7 Å². The Morgan fingerprint density at radius 2 is 2.10 bits per heavy atom. The molecule has 5 nitrogen and oxygen atoms in total. The van der Waals surface area contributed by atoms with Gasteiger partial charge in [-0.25, -0.2) is 8.78 Å². The molecule has 0 aliphatic carbocycles. The Bertz CT molecular complexity index is 401. The maximum Gasteiger partial charge on any atom is 0.330 e. The maximum atomic E-state index is 12.6. The molecule has 1 aromatic rings. The molecule has 0 fully saturated rings. The minimum absolute atomic E-state index is 0.0274. The smallest absolute Gasteiger partial charge is 0.330 e. The van der Waals surface area contributed by atoms with Crippen molar-refractivity contribution in [1.82, 2.24) is 10.1 Å². The highest BCUT2D eigenvalue weighted by molar-refractivity contribution is 4.94. The lowest BCUT2D eigenvalue weighted by atomic mass is 10.0. The van der Waals surface area contributed by atoms with Gasteiger partial charge in [-0.2, -0.15) is 13.8 Å². The van der Waals surface area contributed by atoms with Crippen LogP contribution in [-0.2, 0) is 11.3 Å². The maximum absolute atomic E-state index is 12.6. The number of ether oxygens (including phenoxy) is 1. The van der Waals surface area contributed by atoms with Gasteiger partial charge >= 0.3 is 12.3 Å². The Morgan fingerprint density at radius 1 is 1.40 bits per heavy atom. The monoisotopic (exact) mass is 299 g/mol. The number of aromatic nitrogens is 2. The average Bonchev–Trinajstić information content (AvgIpc) is 2.84. The molecule has 9 heteroatoms. The molecular formula is C11H17F4N3O2. The van der Waals surface area contributed by atoms with Gasteiger partial charge in [0.2, 0.25) is 5.89 Å². The van der Waals surface area contributed by atoms with Gasteiger partial charge in [0.25, 0.3) is 0 Å². The lowest BCUT2D eigenvalue weighted by molar-refractivity contribution is -0.168.